The van der Waals surface area contributed by atoms with Gasteiger partial charge in [0.05, 0.1) is 18.9 Å². The molecule has 1 aliphatic rings. The number of ether oxygens (including phenoxy) is 2. The average molecular weight is 526 g/mol. The van der Waals surface area contributed by atoms with E-state index in [0.717, 1.165) is 24.0 Å². The lowest BCUT2D eigenvalue weighted by molar-refractivity contribution is -0.804. The van der Waals surface area contributed by atoms with Crippen LogP contribution in [0, 0.1) is 5.92 Å². The lowest BCUT2D eigenvalue weighted by Crippen LogP contribution is -2.73. The molecule has 38 heavy (non-hydrogen) atoms. The van der Waals surface area contributed by atoms with Crippen LogP contribution in [-0.2, 0) is 37.1 Å². The van der Waals surface area contributed by atoms with E-state index in [1.54, 1.807) is 12.1 Å². The third-order valence-corrected chi connectivity index (χ3v) is 6.90. The first-order valence-corrected chi connectivity index (χ1v) is 13.1. The molecular weight excluding hydrogens is 488 g/mol. The third-order valence-electron chi connectivity index (χ3n) is 6.90. The van der Waals surface area contributed by atoms with Crippen molar-refractivity contribution in [2.75, 3.05) is 19.6 Å². The number of carbonyl (C=O) groups excluding carboxylic acids is 3. The second kappa shape index (κ2) is 14.4. The lowest BCUT2D eigenvalue weighted by Gasteiger charge is -2.40. The van der Waals surface area contributed by atoms with E-state index in [0.29, 0.717) is 12.8 Å². The van der Waals surface area contributed by atoms with Gasteiger partial charge >= 0.3 is 23.9 Å². The molecule has 1 unspecified atom stereocenters. The predicted octanol–water partition coefficient (Wildman–Crippen LogP) is 4.05. The standard InChI is InChI=1S/C29H36N2O7/c1-2-3-6-15-24(18-26(32)37-20-22-11-7-4-8-12-22)27(33)31(29(35)36)17-16-30-19-25(31)28(34)38-21-23-13-9-5-10-14-23/h4-5,7-14,24-25,30H,2-3,6,15-21H2,1H3/p+1/t24-,25?,31-/m1/s1. The molecule has 3 rings (SSSR count). The van der Waals surface area contributed by atoms with Crippen molar-refractivity contribution in [3.05, 3.63) is 71.8 Å². The number of carbonyl (C=O) groups is 4. The molecule has 0 aromatic heterocycles. The largest absolute Gasteiger partial charge is 0.521 e. The summed E-state index contributed by atoms with van der Waals surface area (Å²) >= 11 is 0. The first kappa shape index (κ1) is 29.0. The molecule has 1 heterocycles. The van der Waals surface area contributed by atoms with Gasteiger partial charge in [0.15, 0.2) is 0 Å². The molecule has 2 aromatic rings. The molecule has 0 aliphatic carbocycles. The minimum Gasteiger partial charge on any atom is -0.461 e. The molecule has 9 heteroatoms. The number of piperazine rings is 1. The van der Waals surface area contributed by atoms with Gasteiger partial charge in [0.25, 0.3) is 0 Å². The fraction of sp³-hybridized carbons (Fsp3) is 0.448. The van der Waals surface area contributed by atoms with Gasteiger partial charge in [-0.05, 0) is 17.5 Å². The zero-order chi connectivity index (χ0) is 27.4. The van der Waals surface area contributed by atoms with E-state index in [4.69, 9.17) is 9.47 Å². The van der Waals surface area contributed by atoms with E-state index in [1.165, 1.54) is 0 Å². The second-order valence-corrected chi connectivity index (χ2v) is 9.57. The van der Waals surface area contributed by atoms with Crippen LogP contribution in [0.25, 0.3) is 0 Å². The maximum atomic E-state index is 14.0. The third kappa shape index (κ3) is 7.49. The summed E-state index contributed by atoms with van der Waals surface area (Å²) in [6, 6.07) is 17.0. The molecular formula is C29H37N2O7+. The van der Waals surface area contributed by atoms with Crippen molar-refractivity contribution in [1.82, 2.24) is 5.32 Å². The summed E-state index contributed by atoms with van der Waals surface area (Å²) in [6.45, 7) is 2.14. The maximum absolute atomic E-state index is 14.0. The zero-order valence-corrected chi connectivity index (χ0v) is 21.8. The average Bonchev–Trinajstić information content (AvgIpc) is 2.95. The Bertz CT molecular complexity index is 1080. The molecule has 0 saturated carbocycles. The number of esters is 2. The van der Waals surface area contributed by atoms with E-state index in [1.807, 2.05) is 55.5 Å². The van der Waals surface area contributed by atoms with Crippen molar-refractivity contribution in [3.63, 3.8) is 0 Å². The van der Waals surface area contributed by atoms with Gasteiger partial charge in [0.2, 0.25) is 6.04 Å². The van der Waals surface area contributed by atoms with E-state index in [2.05, 4.69) is 5.32 Å². The fourth-order valence-corrected chi connectivity index (χ4v) is 4.76. The van der Waals surface area contributed by atoms with Crippen molar-refractivity contribution >= 4 is 23.9 Å². The van der Waals surface area contributed by atoms with E-state index in [-0.39, 0.29) is 39.3 Å². The summed E-state index contributed by atoms with van der Waals surface area (Å²) in [4.78, 5) is 52.7. The number of amides is 2. The van der Waals surface area contributed by atoms with Crippen LogP contribution in [-0.4, -0.2) is 59.2 Å². The number of imide groups is 1. The van der Waals surface area contributed by atoms with Crippen molar-refractivity contribution in [2.24, 2.45) is 5.92 Å². The molecule has 9 nitrogen and oxygen atoms in total. The van der Waals surface area contributed by atoms with Gasteiger partial charge < -0.3 is 19.9 Å². The number of nitrogens with zero attached hydrogens (tertiary/aromatic N) is 1. The molecule has 2 N–H and O–H groups in total. The molecule has 0 radical (unpaired) electrons. The van der Waals surface area contributed by atoms with Crippen molar-refractivity contribution in [3.8, 4) is 0 Å². The summed E-state index contributed by atoms with van der Waals surface area (Å²) in [5.74, 6) is -2.90. The minimum absolute atomic E-state index is 0.0220. The number of rotatable bonds is 12. The van der Waals surface area contributed by atoms with Crippen LogP contribution < -0.4 is 5.32 Å². The smallest absolute Gasteiger partial charge is 0.461 e. The number of nitrogens with one attached hydrogen (secondary N) is 1. The monoisotopic (exact) mass is 525 g/mol. The number of hydrogen-bond acceptors (Lipinski definition) is 7. The van der Waals surface area contributed by atoms with Gasteiger partial charge in [-0.25, -0.2) is 9.59 Å². The highest BCUT2D eigenvalue weighted by molar-refractivity contribution is 5.89. The van der Waals surface area contributed by atoms with Crippen molar-refractivity contribution in [2.45, 2.75) is 58.3 Å². The number of carboxylic acid groups (broad SMARTS) is 1. The molecule has 2 aromatic carbocycles. The molecule has 3 atom stereocenters. The highest BCUT2D eigenvalue weighted by atomic mass is 16.5. The zero-order valence-electron chi connectivity index (χ0n) is 21.8. The quantitative estimate of drug-likeness (QED) is 0.242. The Morgan fingerprint density at radius 1 is 0.947 bits per heavy atom. The first-order chi connectivity index (χ1) is 18.4. The number of quaternary nitrogens is 1. The molecule has 1 fully saturated rings. The van der Waals surface area contributed by atoms with Gasteiger partial charge in [-0.1, -0.05) is 86.8 Å². The molecule has 1 saturated heterocycles. The van der Waals surface area contributed by atoms with Crippen LogP contribution in [0.5, 0.6) is 0 Å². The normalized spacial score (nSPS) is 19.8. The summed E-state index contributed by atoms with van der Waals surface area (Å²) in [7, 11) is 0. The maximum Gasteiger partial charge on any atom is 0.521 e. The predicted molar refractivity (Wildman–Crippen MR) is 140 cm³/mol. The van der Waals surface area contributed by atoms with E-state index in [9.17, 15) is 24.3 Å². The van der Waals surface area contributed by atoms with Gasteiger partial charge in [-0.15, -0.1) is 4.48 Å². The van der Waals surface area contributed by atoms with Gasteiger partial charge in [0, 0.05) is 6.54 Å². The Morgan fingerprint density at radius 2 is 1.55 bits per heavy atom. The number of benzene rings is 2. The van der Waals surface area contributed by atoms with Crippen molar-refractivity contribution in [1.29, 1.82) is 0 Å². The lowest BCUT2D eigenvalue weighted by atomic mass is 9.93. The van der Waals surface area contributed by atoms with Crippen LogP contribution in [0.1, 0.15) is 50.2 Å². The molecule has 1 aliphatic heterocycles. The summed E-state index contributed by atoms with van der Waals surface area (Å²) in [6.07, 6.45) is 1.05. The summed E-state index contributed by atoms with van der Waals surface area (Å²) in [5, 5.41) is 13.4. The Labute approximate surface area is 223 Å². The van der Waals surface area contributed by atoms with Gasteiger partial charge in [-0.3, -0.25) is 4.79 Å². The van der Waals surface area contributed by atoms with Crippen LogP contribution in [0.2, 0.25) is 0 Å². The Morgan fingerprint density at radius 3 is 2.13 bits per heavy atom. The van der Waals surface area contributed by atoms with Crippen LogP contribution in [0.4, 0.5) is 4.79 Å². The fourth-order valence-electron chi connectivity index (χ4n) is 4.76. The molecule has 0 spiro atoms. The number of hydrogen-bond donors (Lipinski definition) is 2. The Kier molecular flexibility index (Phi) is 11.0. The van der Waals surface area contributed by atoms with Crippen LogP contribution in [0.15, 0.2) is 60.7 Å². The Balaban J connectivity index is 1.79. The second-order valence-electron chi connectivity index (χ2n) is 9.57. The summed E-state index contributed by atoms with van der Waals surface area (Å²) in [5.41, 5.74) is 1.56. The SMILES string of the molecule is CCCCC[C@H](CC(=O)OCc1ccccc1)C(=O)[N@@+]1(C(=O)O)CCNCC1C(=O)OCc1ccccc1. The van der Waals surface area contributed by atoms with Crippen LogP contribution >= 0.6 is 0 Å². The molecule has 0 bridgehead atoms. The Hall–Kier alpha value is -3.56. The van der Waals surface area contributed by atoms with Gasteiger partial charge in [0.1, 0.15) is 19.8 Å². The summed E-state index contributed by atoms with van der Waals surface area (Å²) < 4.78 is 9.78. The van der Waals surface area contributed by atoms with Crippen molar-refractivity contribution < 1.29 is 38.2 Å². The first-order valence-electron chi connectivity index (χ1n) is 13.1. The number of unbranched alkanes of at least 4 members (excludes halogenated alkanes) is 2. The highest BCUT2D eigenvalue weighted by Crippen LogP contribution is 2.28. The minimum atomic E-state index is -1.42. The van der Waals surface area contributed by atoms with E-state index >= 15 is 0 Å². The van der Waals surface area contributed by atoms with Gasteiger partial charge in [-0.2, -0.15) is 4.79 Å². The topological polar surface area (TPSA) is 119 Å². The van der Waals surface area contributed by atoms with Crippen LogP contribution in [0.3, 0.4) is 0 Å². The van der Waals surface area contributed by atoms with E-state index < -0.39 is 40.4 Å². The molecule has 204 valence electrons. The highest BCUT2D eigenvalue weighted by Gasteiger charge is 2.58. The molecule has 2 amide bonds.